The smallest absolute Gasteiger partial charge is 0.122 e. The molecule has 1 aliphatic heterocycles. The fraction of sp³-hybridized carbons (Fsp3) is 0.588. The van der Waals surface area contributed by atoms with Gasteiger partial charge in [0.05, 0.1) is 17.5 Å². The lowest BCUT2D eigenvalue weighted by molar-refractivity contribution is 0.247. The van der Waals surface area contributed by atoms with Crippen molar-refractivity contribution in [2.24, 2.45) is 5.41 Å². The van der Waals surface area contributed by atoms with Crippen LogP contribution in [0.3, 0.4) is 0 Å². The van der Waals surface area contributed by atoms with Crippen LogP contribution in [-0.4, -0.2) is 34.7 Å². The predicted molar refractivity (Wildman–Crippen MR) is 98.8 cm³/mol. The zero-order valence-electron chi connectivity index (χ0n) is 13.9. The van der Waals surface area contributed by atoms with Gasteiger partial charge in [-0.25, -0.2) is 0 Å². The van der Waals surface area contributed by atoms with Crippen molar-refractivity contribution in [1.82, 2.24) is 4.90 Å². The lowest BCUT2D eigenvalue weighted by Gasteiger charge is -2.46. The van der Waals surface area contributed by atoms with Gasteiger partial charge in [0.15, 0.2) is 0 Å². The third-order valence-corrected chi connectivity index (χ3v) is 6.72. The lowest BCUT2D eigenvalue weighted by Crippen LogP contribution is -2.54. The molecule has 2 atom stereocenters. The number of thiocarbonyl (C=S) groups is 1. The zero-order chi connectivity index (χ0) is 16.3. The van der Waals surface area contributed by atoms with Gasteiger partial charge in [-0.2, -0.15) is 0 Å². The molecule has 0 saturated carbocycles. The minimum Gasteiger partial charge on any atom is -0.496 e. The van der Waals surface area contributed by atoms with Crippen LogP contribution >= 0.6 is 12.2 Å². The van der Waals surface area contributed by atoms with Gasteiger partial charge >= 0.3 is 0 Å². The van der Waals surface area contributed by atoms with Crippen LogP contribution < -0.4 is 4.74 Å². The largest absolute Gasteiger partial charge is 0.496 e. The quantitative estimate of drug-likeness (QED) is 0.842. The molecule has 0 aromatic heterocycles. The van der Waals surface area contributed by atoms with E-state index < -0.39 is 10.7 Å². The number of benzene rings is 1. The highest BCUT2D eigenvalue weighted by Crippen LogP contribution is 2.32. The number of para-hydroxylation sites is 1. The Bertz CT molecular complexity index is 572. The highest BCUT2D eigenvalue weighted by Gasteiger charge is 2.37. The molecule has 0 bridgehead atoms. The van der Waals surface area contributed by atoms with Crippen LogP contribution in [0.2, 0.25) is 0 Å². The minimum absolute atomic E-state index is 0.154. The van der Waals surface area contributed by atoms with Crippen molar-refractivity contribution in [1.29, 1.82) is 4.78 Å². The molecule has 1 aromatic rings. The molecule has 1 aromatic carbocycles. The Morgan fingerprint density at radius 3 is 2.77 bits per heavy atom. The van der Waals surface area contributed by atoms with Crippen LogP contribution in [0.5, 0.6) is 5.75 Å². The fourth-order valence-corrected chi connectivity index (χ4v) is 5.28. The monoisotopic (exact) mass is 338 g/mol. The standard InChI is InChI=1S/C17H26N2OS2/c1-5-15(21)19-11-17(2,3)12-22(18)16(19)10-13-8-6-7-9-14(13)20-4/h6-9,16,18H,5,10-12H2,1-4H3. The van der Waals surface area contributed by atoms with Gasteiger partial charge in [0, 0.05) is 18.7 Å². The average molecular weight is 339 g/mol. The fourth-order valence-electron chi connectivity index (χ4n) is 3.00. The third kappa shape index (κ3) is 3.87. The summed E-state index contributed by atoms with van der Waals surface area (Å²) < 4.78 is 14.1. The van der Waals surface area contributed by atoms with E-state index in [0.29, 0.717) is 0 Å². The molecule has 0 aliphatic carbocycles. The van der Waals surface area contributed by atoms with Crippen LogP contribution in [0, 0.1) is 10.2 Å². The van der Waals surface area contributed by atoms with E-state index in [-0.39, 0.29) is 10.8 Å². The summed E-state index contributed by atoms with van der Waals surface area (Å²) in [5, 5.41) is 0.164. The van der Waals surface area contributed by atoms with Crippen molar-refractivity contribution in [2.45, 2.75) is 39.0 Å². The van der Waals surface area contributed by atoms with Crippen LogP contribution in [0.1, 0.15) is 32.8 Å². The van der Waals surface area contributed by atoms with Crippen molar-refractivity contribution < 1.29 is 4.74 Å². The average Bonchev–Trinajstić information content (AvgIpc) is 2.48. The van der Waals surface area contributed by atoms with Gasteiger partial charge in [-0.3, -0.25) is 4.78 Å². The second-order valence-corrected chi connectivity index (χ2v) is 8.75. The van der Waals surface area contributed by atoms with E-state index in [0.717, 1.165) is 35.9 Å². The summed E-state index contributed by atoms with van der Waals surface area (Å²) in [6.07, 6.45) is 1.69. The first kappa shape index (κ1) is 17.4. The first-order valence-electron chi connectivity index (χ1n) is 7.70. The zero-order valence-corrected chi connectivity index (χ0v) is 15.5. The van der Waals surface area contributed by atoms with Crippen molar-refractivity contribution in [3.63, 3.8) is 0 Å². The van der Waals surface area contributed by atoms with E-state index in [1.54, 1.807) is 7.11 Å². The molecule has 0 amide bonds. The Balaban J connectivity index is 2.29. The van der Waals surface area contributed by atoms with E-state index in [4.69, 9.17) is 21.7 Å². The summed E-state index contributed by atoms with van der Waals surface area (Å²) in [5.41, 5.74) is 1.32. The Labute approximate surface area is 141 Å². The number of nitrogens with one attached hydrogen (secondary N) is 1. The van der Waals surface area contributed by atoms with Crippen LogP contribution in [-0.2, 0) is 17.1 Å². The second kappa shape index (κ2) is 7.09. The first-order valence-corrected chi connectivity index (χ1v) is 9.57. The van der Waals surface area contributed by atoms with E-state index in [1.807, 2.05) is 18.2 Å². The van der Waals surface area contributed by atoms with Gasteiger partial charge in [0.1, 0.15) is 5.75 Å². The first-order chi connectivity index (χ1) is 10.4. The van der Waals surface area contributed by atoms with Crippen molar-refractivity contribution >= 4 is 27.9 Å². The number of ether oxygens (including phenoxy) is 1. The maximum absolute atomic E-state index is 8.65. The molecule has 1 saturated heterocycles. The molecule has 122 valence electrons. The highest BCUT2D eigenvalue weighted by atomic mass is 32.2. The van der Waals surface area contributed by atoms with E-state index in [2.05, 4.69) is 31.7 Å². The summed E-state index contributed by atoms with van der Waals surface area (Å²) in [6.45, 7) is 7.53. The maximum Gasteiger partial charge on any atom is 0.122 e. The van der Waals surface area contributed by atoms with Crippen molar-refractivity contribution in [2.75, 3.05) is 19.4 Å². The second-order valence-electron chi connectivity index (χ2n) is 6.58. The number of hydrogen-bond donors (Lipinski definition) is 1. The van der Waals surface area contributed by atoms with Crippen LogP contribution in [0.25, 0.3) is 0 Å². The Hall–Kier alpha value is -0.940. The summed E-state index contributed by atoms with van der Waals surface area (Å²) in [4.78, 5) is 3.29. The normalized spacial score (nSPS) is 24.1. The van der Waals surface area contributed by atoms with Gasteiger partial charge in [-0.1, -0.05) is 61.9 Å². The molecule has 1 aliphatic rings. The van der Waals surface area contributed by atoms with E-state index in [9.17, 15) is 0 Å². The summed E-state index contributed by atoms with van der Waals surface area (Å²) >= 11 is 5.60. The van der Waals surface area contributed by atoms with Crippen LogP contribution in [0.4, 0.5) is 0 Å². The van der Waals surface area contributed by atoms with Crippen LogP contribution in [0.15, 0.2) is 24.3 Å². The summed E-state index contributed by atoms with van der Waals surface area (Å²) in [7, 11) is 1.28. The Kier molecular flexibility index (Phi) is 5.61. The highest BCUT2D eigenvalue weighted by molar-refractivity contribution is 7.86. The molecule has 1 heterocycles. The predicted octanol–water partition coefficient (Wildman–Crippen LogP) is 4.02. The molecule has 5 heteroatoms. The SMILES string of the molecule is CCC(=S)N1CC(C)(C)CS(=N)C1Cc1ccccc1OC. The number of nitrogens with zero attached hydrogens (tertiary/aromatic N) is 1. The molecule has 0 radical (unpaired) electrons. The molecule has 2 unspecified atom stereocenters. The van der Waals surface area contributed by atoms with Gasteiger partial charge in [0.2, 0.25) is 0 Å². The van der Waals surface area contributed by atoms with Gasteiger partial charge < -0.3 is 9.64 Å². The van der Waals surface area contributed by atoms with E-state index >= 15 is 0 Å². The minimum atomic E-state index is -0.428. The van der Waals surface area contributed by atoms with Gasteiger partial charge in [-0.05, 0) is 23.5 Å². The van der Waals surface area contributed by atoms with Crippen molar-refractivity contribution in [3.8, 4) is 5.75 Å². The molecular formula is C17H26N2OS2. The number of methoxy groups -OCH3 is 1. The Morgan fingerprint density at radius 2 is 2.14 bits per heavy atom. The molecule has 1 fully saturated rings. The van der Waals surface area contributed by atoms with E-state index in [1.165, 1.54) is 5.56 Å². The molecule has 1 N–H and O–H groups in total. The molecular weight excluding hydrogens is 312 g/mol. The number of rotatable bonds is 4. The Morgan fingerprint density at radius 1 is 1.45 bits per heavy atom. The lowest BCUT2D eigenvalue weighted by atomic mass is 9.94. The van der Waals surface area contributed by atoms with Gasteiger partial charge in [0.25, 0.3) is 0 Å². The maximum atomic E-state index is 8.65. The molecule has 0 spiro atoms. The number of hydrogen-bond acceptors (Lipinski definition) is 3. The molecule has 22 heavy (non-hydrogen) atoms. The van der Waals surface area contributed by atoms with Gasteiger partial charge in [-0.15, -0.1) is 0 Å². The summed E-state index contributed by atoms with van der Waals surface area (Å²) in [5.74, 6) is 1.85. The van der Waals surface area contributed by atoms with Crippen molar-refractivity contribution in [3.05, 3.63) is 29.8 Å². The molecule has 3 nitrogen and oxygen atoms in total. The third-order valence-electron chi connectivity index (χ3n) is 4.03. The molecule has 2 rings (SSSR count). The topological polar surface area (TPSA) is 36.3 Å². The summed E-state index contributed by atoms with van der Waals surface area (Å²) in [6, 6.07) is 8.12.